The molecule has 0 aromatic heterocycles. The highest BCUT2D eigenvalue weighted by atomic mass is 32.2. The van der Waals surface area contributed by atoms with E-state index in [2.05, 4.69) is 6.92 Å². The number of aryl methyl sites for hydroxylation is 1. The first kappa shape index (κ1) is 14.3. The molecule has 2 aromatic rings. The molecular weight excluding hydrogens is 282 g/mol. The van der Waals surface area contributed by atoms with E-state index in [0.717, 1.165) is 11.1 Å². The van der Waals surface area contributed by atoms with Gasteiger partial charge in [0, 0.05) is 6.54 Å². The van der Waals surface area contributed by atoms with E-state index < -0.39 is 10.0 Å². The fourth-order valence-electron chi connectivity index (χ4n) is 2.88. The second-order valence-corrected chi connectivity index (χ2v) is 7.61. The summed E-state index contributed by atoms with van der Waals surface area (Å²) in [5.41, 5.74) is 2.12. The SMILES string of the molecule is Cc1ccc(S(=O)(=O)N2CC(C)[C@H]2c2ccccc2)cc1. The number of rotatable bonds is 3. The van der Waals surface area contributed by atoms with Crippen molar-refractivity contribution < 1.29 is 8.42 Å². The summed E-state index contributed by atoms with van der Waals surface area (Å²) in [7, 11) is -3.42. The molecule has 0 spiro atoms. The summed E-state index contributed by atoms with van der Waals surface area (Å²) in [5.74, 6) is 0.340. The molecule has 0 N–H and O–H groups in total. The van der Waals surface area contributed by atoms with Crippen molar-refractivity contribution in [1.82, 2.24) is 4.31 Å². The van der Waals surface area contributed by atoms with E-state index in [4.69, 9.17) is 0 Å². The van der Waals surface area contributed by atoms with Crippen LogP contribution in [-0.2, 0) is 10.0 Å². The molecule has 2 aromatic carbocycles. The van der Waals surface area contributed by atoms with Gasteiger partial charge in [-0.2, -0.15) is 4.31 Å². The molecule has 0 bridgehead atoms. The molecular formula is C17H19NO2S. The second-order valence-electron chi connectivity index (χ2n) is 5.72. The van der Waals surface area contributed by atoms with Crippen molar-refractivity contribution in [2.75, 3.05) is 6.54 Å². The molecule has 3 rings (SSSR count). The zero-order valence-electron chi connectivity index (χ0n) is 12.2. The van der Waals surface area contributed by atoms with Gasteiger partial charge < -0.3 is 0 Å². The maximum Gasteiger partial charge on any atom is 0.243 e. The van der Waals surface area contributed by atoms with Crippen LogP contribution in [-0.4, -0.2) is 19.3 Å². The minimum absolute atomic E-state index is 0.0579. The quantitative estimate of drug-likeness (QED) is 0.871. The van der Waals surface area contributed by atoms with E-state index >= 15 is 0 Å². The summed E-state index contributed by atoms with van der Waals surface area (Å²) in [4.78, 5) is 0.376. The van der Waals surface area contributed by atoms with Gasteiger partial charge in [-0.1, -0.05) is 55.0 Å². The van der Waals surface area contributed by atoms with Crippen LogP contribution in [0.4, 0.5) is 0 Å². The molecule has 1 heterocycles. The lowest BCUT2D eigenvalue weighted by molar-refractivity contribution is 0.116. The van der Waals surface area contributed by atoms with Crippen LogP contribution < -0.4 is 0 Å². The summed E-state index contributed by atoms with van der Waals surface area (Å²) in [6.07, 6.45) is 0. The Labute approximate surface area is 126 Å². The molecule has 1 saturated heterocycles. The summed E-state index contributed by atoms with van der Waals surface area (Å²) >= 11 is 0. The second kappa shape index (κ2) is 5.28. The van der Waals surface area contributed by atoms with E-state index in [0.29, 0.717) is 17.4 Å². The lowest BCUT2D eigenvalue weighted by Crippen LogP contribution is -2.51. The van der Waals surface area contributed by atoms with Crippen LogP contribution in [0.5, 0.6) is 0 Å². The maximum atomic E-state index is 12.8. The van der Waals surface area contributed by atoms with Crippen LogP contribution in [0.25, 0.3) is 0 Å². The summed E-state index contributed by atoms with van der Waals surface area (Å²) in [5, 5.41) is 0. The van der Waals surface area contributed by atoms with Gasteiger partial charge in [0.2, 0.25) is 10.0 Å². The van der Waals surface area contributed by atoms with Crippen LogP contribution in [0, 0.1) is 12.8 Å². The van der Waals surface area contributed by atoms with Crippen molar-refractivity contribution in [1.29, 1.82) is 0 Å². The van der Waals surface area contributed by atoms with Crippen LogP contribution in [0.3, 0.4) is 0 Å². The van der Waals surface area contributed by atoms with Gasteiger partial charge in [-0.15, -0.1) is 0 Å². The Kier molecular flexibility index (Phi) is 3.59. The minimum atomic E-state index is -3.42. The Hall–Kier alpha value is -1.65. The highest BCUT2D eigenvalue weighted by Crippen LogP contribution is 2.42. The van der Waals surface area contributed by atoms with E-state index in [1.807, 2.05) is 49.4 Å². The Balaban J connectivity index is 1.94. The monoisotopic (exact) mass is 301 g/mol. The molecule has 1 aliphatic rings. The van der Waals surface area contributed by atoms with Crippen molar-refractivity contribution in [3.8, 4) is 0 Å². The molecule has 0 saturated carbocycles. The third-order valence-corrected chi connectivity index (χ3v) is 5.95. The third kappa shape index (κ3) is 2.49. The Bertz CT molecular complexity index is 723. The first-order chi connectivity index (χ1) is 10.00. The first-order valence-electron chi connectivity index (χ1n) is 7.13. The normalized spacial score (nSPS) is 22.8. The predicted octanol–water partition coefficient (Wildman–Crippen LogP) is 3.38. The molecule has 21 heavy (non-hydrogen) atoms. The van der Waals surface area contributed by atoms with Crippen molar-refractivity contribution in [2.45, 2.75) is 24.8 Å². The molecule has 0 radical (unpaired) electrons. The Morgan fingerprint density at radius 1 is 1.00 bits per heavy atom. The summed E-state index contributed by atoms with van der Waals surface area (Å²) < 4.78 is 27.2. The lowest BCUT2D eigenvalue weighted by Gasteiger charge is -2.45. The molecule has 0 aliphatic carbocycles. The fraction of sp³-hybridized carbons (Fsp3) is 0.294. The zero-order chi connectivity index (χ0) is 15.0. The lowest BCUT2D eigenvalue weighted by atomic mass is 9.88. The largest absolute Gasteiger partial charge is 0.243 e. The van der Waals surface area contributed by atoms with Crippen LogP contribution in [0.2, 0.25) is 0 Å². The van der Waals surface area contributed by atoms with Gasteiger partial charge in [0.15, 0.2) is 0 Å². The van der Waals surface area contributed by atoms with Gasteiger partial charge in [0.1, 0.15) is 0 Å². The number of sulfonamides is 1. The van der Waals surface area contributed by atoms with Crippen LogP contribution in [0.15, 0.2) is 59.5 Å². The summed E-state index contributed by atoms with van der Waals surface area (Å²) in [6, 6.07) is 16.9. The summed E-state index contributed by atoms with van der Waals surface area (Å²) in [6.45, 7) is 4.63. The average molecular weight is 301 g/mol. The van der Waals surface area contributed by atoms with Gasteiger partial charge in [-0.05, 0) is 30.5 Å². The van der Waals surface area contributed by atoms with Gasteiger partial charge in [-0.25, -0.2) is 8.42 Å². The van der Waals surface area contributed by atoms with Gasteiger partial charge in [0.25, 0.3) is 0 Å². The van der Waals surface area contributed by atoms with Gasteiger partial charge >= 0.3 is 0 Å². The molecule has 2 atom stereocenters. The van der Waals surface area contributed by atoms with Crippen LogP contribution in [0.1, 0.15) is 24.1 Å². The minimum Gasteiger partial charge on any atom is -0.207 e. The smallest absolute Gasteiger partial charge is 0.207 e. The molecule has 3 nitrogen and oxygen atoms in total. The van der Waals surface area contributed by atoms with Crippen molar-refractivity contribution >= 4 is 10.0 Å². The third-order valence-electron chi connectivity index (χ3n) is 4.09. The number of benzene rings is 2. The molecule has 1 unspecified atom stereocenters. The van der Waals surface area contributed by atoms with E-state index in [-0.39, 0.29) is 6.04 Å². The van der Waals surface area contributed by atoms with E-state index in [9.17, 15) is 8.42 Å². The molecule has 0 amide bonds. The number of nitrogens with zero attached hydrogens (tertiary/aromatic N) is 1. The highest BCUT2D eigenvalue weighted by molar-refractivity contribution is 7.89. The predicted molar refractivity (Wildman–Crippen MR) is 83.4 cm³/mol. The molecule has 1 aliphatic heterocycles. The molecule has 4 heteroatoms. The van der Waals surface area contributed by atoms with Crippen LogP contribution >= 0.6 is 0 Å². The molecule has 110 valence electrons. The number of hydrogen-bond donors (Lipinski definition) is 0. The number of hydrogen-bond acceptors (Lipinski definition) is 2. The first-order valence-corrected chi connectivity index (χ1v) is 8.57. The maximum absolute atomic E-state index is 12.8. The Morgan fingerprint density at radius 3 is 2.19 bits per heavy atom. The average Bonchev–Trinajstić information content (AvgIpc) is 2.46. The molecule has 1 fully saturated rings. The van der Waals surface area contributed by atoms with E-state index in [1.165, 1.54) is 0 Å². The topological polar surface area (TPSA) is 37.4 Å². The van der Waals surface area contributed by atoms with Crippen molar-refractivity contribution in [3.05, 3.63) is 65.7 Å². The van der Waals surface area contributed by atoms with E-state index in [1.54, 1.807) is 16.4 Å². The van der Waals surface area contributed by atoms with Crippen molar-refractivity contribution in [3.63, 3.8) is 0 Å². The van der Waals surface area contributed by atoms with Gasteiger partial charge in [0.05, 0.1) is 10.9 Å². The zero-order valence-corrected chi connectivity index (χ0v) is 13.0. The van der Waals surface area contributed by atoms with Crippen molar-refractivity contribution in [2.24, 2.45) is 5.92 Å². The highest BCUT2D eigenvalue weighted by Gasteiger charge is 2.44. The Morgan fingerprint density at radius 2 is 1.62 bits per heavy atom. The standard InChI is InChI=1S/C17H19NO2S/c1-13-8-10-16(11-9-13)21(19,20)18-12-14(2)17(18)15-6-4-3-5-7-15/h3-11,14,17H,12H2,1-2H3/t14?,17-/m0/s1. The fourth-order valence-corrected chi connectivity index (χ4v) is 4.69. The van der Waals surface area contributed by atoms with Gasteiger partial charge in [-0.3, -0.25) is 0 Å².